The van der Waals surface area contributed by atoms with Crippen molar-refractivity contribution in [1.29, 1.82) is 0 Å². The summed E-state index contributed by atoms with van der Waals surface area (Å²) in [7, 11) is 0. The Morgan fingerprint density at radius 3 is 2.53 bits per heavy atom. The number of carbonyl (C=O) groups excluding carboxylic acids is 1. The van der Waals surface area contributed by atoms with E-state index < -0.39 is 0 Å². The van der Waals surface area contributed by atoms with Crippen LogP contribution in [0, 0.1) is 12.3 Å². The Bertz CT molecular complexity index is 360. The Balaban J connectivity index is 2.81. The maximum absolute atomic E-state index is 11.0. The Morgan fingerprint density at radius 2 is 2.07 bits per heavy atom. The summed E-state index contributed by atoms with van der Waals surface area (Å²) in [6, 6.07) is 2.17. The third-order valence-corrected chi connectivity index (χ3v) is 3.12. The van der Waals surface area contributed by atoms with Crippen LogP contribution in [0.25, 0.3) is 0 Å². The van der Waals surface area contributed by atoms with E-state index in [1.807, 2.05) is 6.92 Å². The quantitative estimate of drug-likeness (QED) is 0.818. The highest BCUT2D eigenvalue weighted by Gasteiger charge is 2.14. The number of thiophene rings is 1. The molecule has 0 bridgehead atoms. The van der Waals surface area contributed by atoms with Gasteiger partial charge in [0.15, 0.2) is 0 Å². The molecule has 0 saturated heterocycles. The molecule has 1 N–H and O–H groups in total. The van der Waals surface area contributed by atoms with E-state index in [2.05, 4.69) is 32.2 Å². The molecular weight excluding hydrogens is 206 g/mol. The standard InChI is InChI=1S/C12H19NOS/c1-8-6-10(7-12(3,4)5)15-11(8)13-9(2)14/h6H,7H2,1-5H3,(H,13,14). The molecule has 0 aliphatic heterocycles. The minimum Gasteiger partial charge on any atom is -0.318 e. The Kier molecular flexibility index (Phi) is 3.55. The number of hydrogen-bond donors (Lipinski definition) is 1. The van der Waals surface area contributed by atoms with E-state index in [1.165, 1.54) is 4.88 Å². The van der Waals surface area contributed by atoms with Crippen LogP contribution in [0.15, 0.2) is 6.07 Å². The van der Waals surface area contributed by atoms with Crippen LogP contribution in [0.5, 0.6) is 0 Å². The van der Waals surface area contributed by atoms with Crippen LogP contribution in [0.4, 0.5) is 5.00 Å². The molecule has 0 saturated carbocycles. The molecule has 1 aromatic heterocycles. The van der Waals surface area contributed by atoms with E-state index >= 15 is 0 Å². The van der Waals surface area contributed by atoms with Crippen LogP contribution in [-0.2, 0) is 11.2 Å². The van der Waals surface area contributed by atoms with E-state index in [9.17, 15) is 4.79 Å². The zero-order chi connectivity index (χ0) is 11.6. The van der Waals surface area contributed by atoms with Crippen molar-refractivity contribution in [3.05, 3.63) is 16.5 Å². The van der Waals surface area contributed by atoms with E-state index in [1.54, 1.807) is 18.3 Å². The van der Waals surface area contributed by atoms with Gasteiger partial charge in [0.25, 0.3) is 0 Å². The van der Waals surface area contributed by atoms with Crippen molar-refractivity contribution in [1.82, 2.24) is 0 Å². The predicted molar refractivity (Wildman–Crippen MR) is 66.5 cm³/mol. The average molecular weight is 225 g/mol. The largest absolute Gasteiger partial charge is 0.318 e. The molecular formula is C12H19NOS. The SMILES string of the molecule is CC(=O)Nc1sc(CC(C)(C)C)cc1C. The van der Waals surface area contributed by atoms with E-state index in [0.717, 1.165) is 17.0 Å². The fraction of sp³-hybridized carbons (Fsp3) is 0.583. The van der Waals surface area contributed by atoms with Gasteiger partial charge >= 0.3 is 0 Å². The number of aryl methyl sites for hydroxylation is 1. The lowest BCUT2D eigenvalue weighted by atomic mass is 9.91. The van der Waals surface area contributed by atoms with Gasteiger partial charge in [0, 0.05) is 11.8 Å². The first-order valence-electron chi connectivity index (χ1n) is 5.15. The predicted octanol–water partition coefficient (Wildman–Crippen LogP) is 3.60. The second-order valence-electron chi connectivity index (χ2n) is 5.14. The molecule has 84 valence electrons. The number of carbonyl (C=O) groups is 1. The van der Waals surface area contributed by atoms with Crippen molar-refractivity contribution in [3.8, 4) is 0 Å². The molecule has 3 heteroatoms. The second-order valence-corrected chi connectivity index (χ2v) is 6.28. The first-order valence-corrected chi connectivity index (χ1v) is 5.96. The lowest BCUT2D eigenvalue weighted by Gasteiger charge is -2.16. The summed E-state index contributed by atoms with van der Waals surface area (Å²) in [5.74, 6) is 0.00209. The lowest BCUT2D eigenvalue weighted by molar-refractivity contribution is -0.114. The third-order valence-electron chi connectivity index (χ3n) is 1.96. The number of hydrogen-bond acceptors (Lipinski definition) is 2. The number of nitrogens with one attached hydrogen (secondary N) is 1. The Labute approximate surface area is 95.7 Å². The van der Waals surface area contributed by atoms with Crippen molar-refractivity contribution < 1.29 is 4.79 Å². The van der Waals surface area contributed by atoms with Gasteiger partial charge in [0.1, 0.15) is 0 Å². The zero-order valence-corrected chi connectivity index (χ0v) is 10.9. The fourth-order valence-electron chi connectivity index (χ4n) is 1.44. The van der Waals surface area contributed by atoms with Gasteiger partial charge in [-0.05, 0) is 30.4 Å². The first kappa shape index (κ1) is 12.2. The van der Waals surface area contributed by atoms with Crippen LogP contribution in [0.1, 0.15) is 38.1 Å². The molecule has 15 heavy (non-hydrogen) atoms. The molecule has 0 aromatic carbocycles. The van der Waals surface area contributed by atoms with Crippen LogP contribution in [0.2, 0.25) is 0 Å². The Morgan fingerprint density at radius 1 is 1.47 bits per heavy atom. The summed E-state index contributed by atoms with van der Waals surface area (Å²) >= 11 is 1.68. The van der Waals surface area contributed by atoms with Gasteiger partial charge in [-0.25, -0.2) is 0 Å². The minimum atomic E-state index is 0.00209. The summed E-state index contributed by atoms with van der Waals surface area (Å²) < 4.78 is 0. The summed E-state index contributed by atoms with van der Waals surface area (Å²) in [6.45, 7) is 10.2. The van der Waals surface area contributed by atoms with Crippen molar-refractivity contribution in [2.45, 2.75) is 41.0 Å². The number of anilines is 1. The van der Waals surface area contributed by atoms with Crippen LogP contribution >= 0.6 is 11.3 Å². The van der Waals surface area contributed by atoms with Crippen molar-refractivity contribution in [2.75, 3.05) is 5.32 Å². The molecule has 0 aliphatic rings. The van der Waals surface area contributed by atoms with Crippen molar-refractivity contribution >= 4 is 22.2 Å². The van der Waals surface area contributed by atoms with Gasteiger partial charge in [-0.15, -0.1) is 11.3 Å². The maximum Gasteiger partial charge on any atom is 0.221 e. The van der Waals surface area contributed by atoms with Gasteiger partial charge in [-0.3, -0.25) is 4.79 Å². The Hall–Kier alpha value is -0.830. The molecule has 2 nitrogen and oxygen atoms in total. The van der Waals surface area contributed by atoms with Crippen molar-refractivity contribution in [3.63, 3.8) is 0 Å². The topological polar surface area (TPSA) is 29.1 Å². The number of rotatable bonds is 2. The minimum absolute atomic E-state index is 0.00209. The molecule has 1 rings (SSSR count). The fourth-order valence-corrected chi connectivity index (χ4v) is 2.86. The van der Waals surface area contributed by atoms with E-state index in [4.69, 9.17) is 0 Å². The van der Waals surface area contributed by atoms with Crippen molar-refractivity contribution in [2.24, 2.45) is 5.41 Å². The number of amides is 1. The summed E-state index contributed by atoms with van der Waals surface area (Å²) in [6.07, 6.45) is 1.05. The molecule has 1 heterocycles. The molecule has 1 aromatic rings. The van der Waals surface area contributed by atoms with Gasteiger partial charge in [0.2, 0.25) is 5.91 Å². The van der Waals surface area contributed by atoms with Crippen LogP contribution in [-0.4, -0.2) is 5.91 Å². The van der Waals surface area contributed by atoms with Gasteiger partial charge < -0.3 is 5.32 Å². The molecule has 0 unspecified atom stereocenters. The normalized spacial score (nSPS) is 11.5. The van der Waals surface area contributed by atoms with Gasteiger partial charge in [-0.1, -0.05) is 20.8 Å². The van der Waals surface area contributed by atoms with Gasteiger partial charge in [-0.2, -0.15) is 0 Å². The summed E-state index contributed by atoms with van der Waals surface area (Å²) in [5.41, 5.74) is 1.46. The van der Waals surface area contributed by atoms with E-state index in [0.29, 0.717) is 5.41 Å². The second kappa shape index (κ2) is 4.35. The molecule has 0 aliphatic carbocycles. The molecule has 0 spiro atoms. The monoisotopic (exact) mass is 225 g/mol. The lowest BCUT2D eigenvalue weighted by Crippen LogP contribution is -2.07. The van der Waals surface area contributed by atoms with E-state index in [-0.39, 0.29) is 5.91 Å². The molecule has 1 amide bonds. The van der Waals surface area contributed by atoms with Crippen LogP contribution < -0.4 is 5.32 Å². The van der Waals surface area contributed by atoms with Crippen LogP contribution in [0.3, 0.4) is 0 Å². The molecule has 0 atom stereocenters. The summed E-state index contributed by atoms with van der Waals surface area (Å²) in [5, 5.41) is 3.85. The highest BCUT2D eigenvalue weighted by atomic mass is 32.1. The average Bonchev–Trinajstić information content (AvgIpc) is 2.26. The smallest absolute Gasteiger partial charge is 0.221 e. The van der Waals surface area contributed by atoms with Gasteiger partial charge in [0.05, 0.1) is 5.00 Å². The molecule has 0 radical (unpaired) electrons. The maximum atomic E-state index is 11.0. The molecule has 0 fully saturated rings. The highest BCUT2D eigenvalue weighted by molar-refractivity contribution is 7.16. The first-order chi connectivity index (χ1) is 6.78. The zero-order valence-electron chi connectivity index (χ0n) is 10.1. The summed E-state index contributed by atoms with van der Waals surface area (Å²) in [4.78, 5) is 12.3. The highest BCUT2D eigenvalue weighted by Crippen LogP contribution is 2.32. The third kappa shape index (κ3) is 4.04.